The van der Waals surface area contributed by atoms with Crippen molar-refractivity contribution in [2.24, 2.45) is 0 Å². The molecule has 7 heteroatoms. The third-order valence-corrected chi connectivity index (χ3v) is 5.51. The van der Waals surface area contributed by atoms with Gasteiger partial charge < -0.3 is 9.64 Å². The van der Waals surface area contributed by atoms with Crippen molar-refractivity contribution in [1.29, 1.82) is 0 Å². The van der Waals surface area contributed by atoms with Crippen LogP contribution in [0.25, 0.3) is 5.69 Å². The van der Waals surface area contributed by atoms with Crippen molar-refractivity contribution in [2.45, 2.75) is 26.2 Å². The fourth-order valence-corrected chi connectivity index (χ4v) is 4.08. The minimum Gasteiger partial charge on any atom is -0.465 e. The van der Waals surface area contributed by atoms with E-state index in [9.17, 15) is 9.59 Å². The molecule has 1 aliphatic heterocycles. The van der Waals surface area contributed by atoms with Gasteiger partial charge in [0.15, 0.2) is 0 Å². The van der Waals surface area contributed by atoms with E-state index in [1.54, 1.807) is 34.0 Å². The van der Waals surface area contributed by atoms with Crippen molar-refractivity contribution in [3.05, 3.63) is 76.1 Å². The molecule has 154 valence electrons. The molecule has 4 rings (SSSR count). The number of amides is 1. The van der Waals surface area contributed by atoms with Crippen molar-refractivity contribution in [3.8, 4) is 5.69 Å². The fraction of sp³-hybridized carbons (Fsp3) is 0.261. The molecule has 0 atom stereocenters. The minimum atomic E-state index is -0.382. The van der Waals surface area contributed by atoms with Crippen LogP contribution in [0.3, 0.4) is 0 Å². The zero-order valence-corrected chi connectivity index (χ0v) is 17.8. The Morgan fingerprint density at radius 1 is 1.17 bits per heavy atom. The first-order valence-corrected chi connectivity index (χ1v) is 10.2. The van der Waals surface area contributed by atoms with Crippen LogP contribution in [0.2, 0.25) is 5.02 Å². The van der Waals surface area contributed by atoms with Crippen molar-refractivity contribution in [3.63, 3.8) is 0 Å². The predicted octanol–water partition coefficient (Wildman–Crippen LogP) is 4.64. The van der Waals surface area contributed by atoms with E-state index in [0.717, 1.165) is 22.6 Å². The number of benzene rings is 2. The van der Waals surface area contributed by atoms with Gasteiger partial charge in [-0.15, -0.1) is 0 Å². The summed E-state index contributed by atoms with van der Waals surface area (Å²) in [5.74, 6) is -0.404. The molecule has 1 amide bonds. The maximum atomic E-state index is 13.5. The third kappa shape index (κ3) is 3.48. The number of fused-ring (bicyclic) bond motifs is 1. The fourth-order valence-electron chi connectivity index (χ4n) is 3.89. The molecule has 0 saturated carbocycles. The number of carbonyl (C=O) groups is 2. The van der Waals surface area contributed by atoms with E-state index >= 15 is 0 Å². The topological polar surface area (TPSA) is 64.4 Å². The standard InChI is InChI=1S/C23H22ClN3O3/c1-14(2)21-19(13-25-27(21)18-6-4-5-17(24)12-18)22(28)26-10-9-15-11-16(23(29)30-3)7-8-20(15)26/h4-8,11-14H,9-10H2,1-3H3. The van der Waals surface area contributed by atoms with Gasteiger partial charge in [-0.3, -0.25) is 4.79 Å². The summed E-state index contributed by atoms with van der Waals surface area (Å²) in [6, 6.07) is 12.7. The van der Waals surface area contributed by atoms with Gasteiger partial charge in [0.05, 0.1) is 35.8 Å². The van der Waals surface area contributed by atoms with Gasteiger partial charge in [-0.05, 0) is 54.3 Å². The first-order valence-electron chi connectivity index (χ1n) is 9.77. The van der Waals surface area contributed by atoms with Crippen LogP contribution in [0.4, 0.5) is 5.69 Å². The highest BCUT2D eigenvalue weighted by molar-refractivity contribution is 6.30. The number of aromatic nitrogens is 2. The number of rotatable bonds is 4. The van der Waals surface area contributed by atoms with E-state index in [2.05, 4.69) is 5.10 Å². The van der Waals surface area contributed by atoms with Crippen LogP contribution in [0.1, 0.15) is 51.7 Å². The van der Waals surface area contributed by atoms with Crippen molar-refractivity contribution in [1.82, 2.24) is 9.78 Å². The van der Waals surface area contributed by atoms with E-state index in [1.165, 1.54) is 7.11 Å². The highest BCUT2D eigenvalue weighted by atomic mass is 35.5. The lowest BCUT2D eigenvalue weighted by molar-refractivity contribution is 0.0600. The van der Waals surface area contributed by atoms with Gasteiger partial charge >= 0.3 is 5.97 Å². The van der Waals surface area contributed by atoms with E-state index in [1.807, 2.05) is 38.1 Å². The smallest absolute Gasteiger partial charge is 0.337 e. The Morgan fingerprint density at radius 2 is 1.97 bits per heavy atom. The van der Waals surface area contributed by atoms with Gasteiger partial charge in [0.25, 0.3) is 5.91 Å². The molecule has 2 heterocycles. The maximum Gasteiger partial charge on any atom is 0.337 e. The molecular formula is C23H22ClN3O3. The number of methoxy groups -OCH3 is 1. The number of nitrogens with zero attached hydrogens (tertiary/aromatic N) is 3. The second-order valence-electron chi connectivity index (χ2n) is 7.53. The molecule has 0 aliphatic carbocycles. The Hall–Kier alpha value is -3.12. The summed E-state index contributed by atoms with van der Waals surface area (Å²) >= 11 is 6.15. The third-order valence-electron chi connectivity index (χ3n) is 5.28. The zero-order valence-electron chi connectivity index (χ0n) is 17.1. The van der Waals surface area contributed by atoms with Crippen LogP contribution in [-0.4, -0.2) is 35.3 Å². The summed E-state index contributed by atoms with van der Waals surface area (Å²) < 4.78 is 6.57. The maximum absolute atomic E-state index is 13.5. The summed E-state index contributed by atoms with van der Waals surface area (Å²) in [7, 11) is 1.36. The summed E-state index contributed by atoms with van der Waals surface area (Å²) in [6.07, 6.45) is 2.31. The predicted molar refractivity (Wildman–Crippen MR) is 116 cm³/mol. The number of ether oxygens (including phenoxy) is 1. The number of anilines is 1. The van der Waals surface area contributed by atoms with E-state index in [-0.39, 0.29) is 17.8 Å². The summed E-state index contributed by atoms with van der Waals surface area (Å²) in [4.78, 5) is 27.0. The molecule has 0 radical (unpaired) electrons. The molecule has 0 fully saturated rings. The largest absolute Gasteiger partial charge is 0.465 e. The number of halogens is 1. The van der Waals surface area contributed by atoms with Gasteiger partial charge in [0, 0.05) is 17.3 Å². The molecule has 3 aromatic rings. The molecule has 0 N–H and O–H groups in total. The molecule has 0 spiro atoms. The molecular weight excluding hydrogens is 402 g/mol. The van der Waals surface area contributed by atoms with Crippen LogP contribution in [0.15, 0.2) is 48.7 Å². The van der Waals surface area contributed by atoms with Gasteiger partial charge in [0.2, 0.25) is 0 Å². The summed E-state index contributed by atoms with van der Waals surface area (Å²) in [6.45, 7) is 4.63. The molecule has 0 bridgehead atoms. The van der Waals surface area contributed by atoms with Gasteiger partial charge in [-0.2, -0.15) is 5.10 Å². The van der Waals surface area contributed by atoms with Crippen molar-refractivity contribution in [2.75, 3.05) is 18.6 Å². The van der Waals surface area contributed by atoms with Crippen LogP contribution in [0.5, 0.6) is 0 Å². The SMILES string of the molecule is COC(=O)c1ccc2c(c1)CCN2C(=O)c1cnn(-c2cccc(Cl)c2)c1C(C)C. The lowest BCUT2D eigenvalue weighted by atomic mass is 10.0. The Morgan fingerprint density at radius 3 is 2.67 bits per heavy atom. The Balaban J connectivity index is 1.71. The van der Waals surface area contributed by atoms with Crippen molar-refractivity contribution < 1.29 is 14.3 Å². The molecule has 0 saturated heterocycles. The number of hydrogen-bond acceptors (Lipinski definition) is 4. The first-order chi connectivity index (χ1) is 14.4. The van der Waals surface area contributed by atoms with Crippen LogP contribution in [0, 0.1) is 0 Å². The highest BCUT2D eigenvalue weighted by Crippen LogP contribution is 2.32. The summed E-state index contributed by atoms with van der Waals surface area (Å²) in [5, 5.41) is 5.11. The van der Waals surface area contributed by atoms with Gasteiger partial charge in [-0.1, -0.05) is 31.5 Å². The average molecular weight is 424 g/mol. The number of carbonyl (C=O) groups excluding carboxylic acids is 2. The second kappa shape index (κ2) is 7.95. The highest BCUT2D eigenvalue weighted by Gasteiger charge is 2.30. The molecule has 1 aromatic heterocycles. The monoisotopic (exact) mass is 423 g/mol. The van der Waals surface area contributed by atoms with E-state index < -0.39 is 0 Å². The number of esters is 1. The van der Waals surface area contributed by atoms with Gasteiger partial charge in [0.1, 0.15) is 0 Å². The van der Waals surface area contributed by atoms with E-state index in [4.69, 9.17) is 16.3 Å². The summed E-state index contributed by atoms with van der Waals surface area (Å²) in [5.41, 5.74) is 4.48. The molecule has 0 unspecified atom stereocenters. The van der Waals surface area contributed by atoms with Crippen molar-refractivity contribution >= 4 is 29.2 Å². The Bertz CT molecular complexity index is 1140. The molecule has 6 nitrogen and oxygen atoms in total. The van der Waals surface area contributed by atoms with Crippen LogP contribution < -0.4 is 4.90 Å². The number of hydrogen-bond donors (Lipinski definition) is 0. The first kappa shape index (κ1) is 20.2. The lowest BCUT2D eigenvalue weighted by Crippen LogP contribution is -2.29. The van der Waals surface area contributed by atoms with Crippen LogP contribution in [-0.2, 0) is 11.2 Å². The molecule has 2 aromatic carbocycles. The second-order valence-corrected chi connectivity index (χ2v) is 7.97. The average Bonchev–Trinajstić information content (AvgIpc) is 3.37. The Kier molecular flexibility index (Phi) is 5.35. The van der Waals surface area contributed by atoms with E-state index in [0.29, 0.717) is 29.1 Å². The normalized spacial score (nSPS) is 12.9. The van der Waals surface area contributed by atoms with Gasteiger partial charge in [-0.25, -0.2) is 9.48 Å². The molecule has 30 heavy (non-hydrogen) atoms. The minimum absolute atomic E-state index is 0.0780. The zero-order chi connectivity index (χ0) is 21.4. The quantitative estimate of drug-likeness (QED) is 0.573. The Labute approximate surface area is 180 Å². The molecule has 1 aliphatic rings. The lowest BCUT2D eigenvalue weighted by Gasteiger charge is -2.19. The van der Waals surface area contributed by atoms with Crippen LogP contribution >= 0.6 is 11.6 Å².